The van der Waals surface area contributed by atoms with E-state index >= 15 is 0 Å². The standard InChI is InChI=1S/C6H5NO/c8-6-2-1-4-7-5-3-6/h1-5H. The highest BCUT2D eigenvalue weighted by atomic mass is 16.1. The van der Waals surface area contributed by atoms with Crippen LogP contribution in [0.1, 0.15) is 0 Å². The van der Waals surface area contributed by atoms with Crippen LogP contribution in [0.4, 0.5) is 0 Å². The summed E-state index contributed by atoms with van der Waals surface area (Å²) in [6.45, 7) is 0. The minimum atomic E-state index is -0.0116. The van der Waals surface area contributed by atoms with Gasteiger partial charge in [-0.05, 0) is 12.1 Å². The molecule has 0 unspecified atom stereocenters. The van der Waals surface area contributed by atoms with Crippen molar-refractivity contribution in [3.05, 3.63) is 40.8 Å². The maximum atomic E-state index is 10.4. The minimum Gasteiger partial charge on any atom is -0.290 e. The summed E-state index contributed by atoms with van der Waals surface area (Å²) in [5.74, 6) is 0. The molecule has 0 saturated carbocycles. The predicted octanol–water partition coefficient (Wildman–Crippen LogP) is 0.442. The van der Waals surface area contributed by atoms with Gasteiger partial charge in [-0.3, -0.25) is 9.78 Å². The van der Waals surface area contributed by atoms with E-state index in [1.807, 2.05) is 0 Å². The van der Waals surface area contributed by atoms with Gasteiger partial charge in [0.15, 0.2) is 5.43 Å². The van der Waals surface area contributed by atoms with Gasteiger partial charge in [0.05, 0.1) is 0 Å². The largest absolute Gasteiger partial charge is 0.290 e. The smallest absolute Gasteiger partial charge is 0.180 e. The zero-order valence-corrected chi connectivity index (χ0v) is 4.24. The van der Waals surface area contributed by atoms with Gasteiger partial charge in [-0.2, -0.15) is 0 Å². The molecule has 1 heterocycles. The summed E-state index contributed by atoms with van der Waals surface area (Å²) in [4.78, 5) is 14.1. The van der Waals surface area contributed by atoms with Gasteiger partial charge < -0.3 is 0 Å². The Morgan fingerprint density at radius 1 is 1.25 bits per heavy atom. The fraction of sp³-hybridized carbons (Fsp3) is 0. The molecule has 1 aromatic heterocycles. The van der Waals surface area contributed by atoms with Gasteiger partial charge in [-0.1, -0.05) is 0 Å². The maximum absolute atomic E-state index is 10.4. The van der Waals surface area contributed by atoms with Crippen LogP contribution in [0.25, 0.3) is 0 Å². The Bertz CT molecular complexity index is 199. The van der Waals surface area contributed by atoms with E-state index in [0.717, 1.165) is 0 Å². The number of nitrogens with zero attached hydrogens (tertiary/aromatic N) is 1. The fourth-order valence-corrected chi connectivity index (χ4v) is 0.409. The highest BCUT2D eigenvalue weighted by Crippen LogP contribution is 1.66. The third kappa shape index (κ3) is 1.15. The molecular formula is C6H5NO. The minimum absolute atomic E-state index is 0.0116. The summed E-state index contributed by atoms with van der Waals surface area (Å²) in [5, 5.41) is 0. The molecule has 0 aliphatic rings. The Hall–Kier alpha value is -1.18. The van der Waals surface area contributed by atoms with Crippen molar-refractivity contribution in [1.29, 1.82) is 0 Å². The van der Waals surface area contributed by atoms with Crippen molar-refractivity contribution in [1.82, 2.24) is 4.98 Å². The number of rotatable bonds is 0. The van der Waals surface area contributed by atoms with Crippen LogP contribution >= 0.6 is 0 Å². The first-order valence-electron chi connectivity index (χ1n) is 2.30. The van der Waals surface area contributed by atoms with Crippen molar-refractivity contribution in [3.63, 3.8) is 0 Å². The molecule has 0 radical (unpaired) electrons. The van der Waals surface area contributed by atoms with Gasteiger partial charge in [0.1, 0.15) is 0 Å². The van der Waals surface area contributed by atoms with Crippen LogP contribution in [-0.4, -0.2) is 4.98 Å². The second kappa shape index (κ2) is 2.21. The van der Waals surface area contributed by atoms with Gasteiger partial charge >= 0.3 is 0 Å². The Balaban J connectivity index is 3.32. The molecule has 0 atom stereocenters. The van der Waals surface area contributed by atoms with E-state index in [0.29, 0.717) is 0 Å². The van der Waals surface area contributed by atoms with Crippen LogP contribution in [-0.2, 0) is 0 Å². The van der Waals surface area contributed by atoms with Gasteiger partial charge in [0.25, 0.3) is 0 Å². The first-order valence-corrected chi connectivity index (χ1v) is 2.30. The number of aromatic nitrogens is 1. The van der Waals surface area contributed by atoms with Crippen LogP contribution < -0.4 is 5.43 Å². The van der Waals surface area contributed by atoms with Crippen LogP contribution in [0.5, 0.6) is 0 Å². The van der Waals surface area contributed by atoms with Crippen LogP contribution in [0.15, 0.2) is 35.4 Å². The molecule has 0 aliphatic heterocycles. The lowest BCUT2D eigenvalue weighted by molar-refractivity contribution is 1.37. The molecular weight excluding hydrogens is 102 g/mol. The van der Waals surface area contributed by atoms with E-state index in [1.54, 1.807) is 12.3 Å². The molecule has 0 saturated heterocycles. The lowest BCUT2D eigenvalue weighted by atomic mass is 10.5. The molecule has 0 bridgehead atoms. The normalized spacial score (nSPS) is 8.50. The highest BCUT2D eigenvalue weighted by molar-refractivity contribution is 4.92. The van der Waals surface area contributed by atoms with Crippen LogP contribution in [0.3, 0.4) is 0 Å². The lowest BCUT2D eigenvalue weighted by Crippen LogP contribution is -1.87. The number of hydrogen-bond acceptors (Lipinski definition) is 2. The molecule has 40 valence electrons. The Kier molecular flexibility index (Phi) is 1.37. The van der Waals surface area contributed by atoms with Gasteiger partial charge in [0.2, 0.25) is 0 Å². The van der Waals surface area contributed by atoms with E-state index in [-0.39, 0.29) is 5.43 Å². The molecule has 0 N–H and O–H groups in total. The molecule has 0 spiro atoms. The zero-order valence-electron chi connectivity index (χ0n) is 4.24. The molecule has 1 rings (SSSR count). The Morgan fingerprint density at radius 2 is 2.12 bits per heavy atom. The Labute approximate surface area is 46.8 Å². The fourth-order valence-electron chi connectivity index (χ4n) is 0.409. The molecule has 2 heteroatoms. The summed E-state index contributed by atoms with van der Waals surface area (Å²) in [5.41, 5.74) is -0.0116. The summed E-state index contributed by atoms with van der Waals surface area (Å²) < 4.78 is 0. The van der Waals surface area contributed by atoms with E-state index in [2.05, 4.69) is 4.98 Å². The van der Waals surface area contributed by atoms with E-state index in [9.17, 15) is 4.79 Å². The quantitative estimate of drug-likeness (QED) is 0.481. The van der Waals surface area contributed by atoms with Gasteiger partial charge in [-0.25, -0.2) is 0 Å². The van der Waals surface area contributed by atoms with Crippen LogP contribution in [0, 0.1) is 0 Å². The van der Waals surface area contributed by atoms with Crippen molar-refractivity contribution >= 4 is 0 Å². The number of hydrogen-bond donors (Lipinski definition) is 0. The maximum Gasteiger partial charge on any atom is 0.180 e. The second-order valence-corrected chi connectivity index (χ2v) is 1.38. The van der Waals surface area contributed by atoms with Crippen molar-refractivity contribution in [2.75, 3.05) is 0 Å². The summed E-state index contributed by atoms with van der Waals surface area (Å²) in [6.07, 6.45) is 3.05. The molecule has 8 heavy (non-hydrogen) atoms. The molecule has 2 nitrogen and oxygen atoms in total. The molecule has 0 aromatic carbocycles. The first-order chi connectivity index (χ1) is 3.89. The van der Waals surface area contributed by atoms with E-state index in [4.69, 9.17) is 0 Å². The zero-order chi connectivity index (χ0) is 5.82. The highest BCUT2D eigenvalue weighted by Gasteiger charge is 1.70. The SMILES string of the molecule is O=c1cccncc1. The summed E-state index contributed by atoms with van der Waals surface area (Å²) in [7, 11) is 0. The molecule has 0 fully saturated rings. The lowest BCUT2D eigenvalue weighted by Gasteiger charge is -1.55. The van der Waals surface area contributed by atoms with Crippen molar-refractivity contribution in [2.45, 2.75) is 0 Å². The topological polar surface area (TPSA) is 30.0 Å². The summed E-state index contributed by atoms with van der Waals surface area (Å²) in [6, 6.07) is 4.50. The van der Waals surface area contributed by atoms with Gasteiger partial charge in [0, 0.05) is 18.5 Å². The monoisotopic (exact) mass is 107 g/mol. The second-order valence-electron chi connectivity index (χ2n) is 1.38. The summed E-state index contributed by atoms with van der Waals surface area (Å²) >= 11 is 0. The Morgan fingerprint density at radius 3 is 3.00 bits per heavy atom. The van der Waals surface area contributed by atoms with Crippen LogP contribution in [0.2, 0.25) is 0 Å². The van der Waals surface area contributed by atoms with Crippen molar-refractivity contribution < 1.29 is 0 Å². The average molecular weight is 107 g/mol. The van der Waals surface area contributed by atoms with Crippen molar-refractivity contribution in [3.8, 4) is 0 Å². The third-order valence-electron chi connectivity index (χ3n) is 0.757. The molecule has 0 amide bonds. The van der Waals surface area contributed by atoms with E-state index < -0.39 is 0 Å². The van der Waals surface area contributed by atoms with E-state index in [1.165, 1.54) is 18.3 Å². The molecule has 0 aliphatic carbocycles. The van der Waals surface area contributed by atoms with Crippen molar-refractivity contribution in [2.24, 2.45) is 0 Å². The first kappa shape index (κ1) is 4.97. The predicted molar refractivity (Wildman–Crippen MR) is 30.5 cm³/mol. The third-order valence-corrected chi connectivity index (χ3v) is 0.757. The average Bonchev–Trinajstić information content (AvgIpc) is 1.94. The van der Waals surface area contributed by atoms with Gasteiger partial charge in [-0.15, -0.1) is 0 Å². The molecule has 1 aromatic rings.